The zero-order valence-corrected chi connectivity index (χ0v) is 14.0. The van der Waals surface area contributed by atoms with Crippen LogP contribution in [-0.4, -0.2) is 53.6 Å². The Balaban J connectivity index is 1.45. The Morgan fingerprint density at radius 1 is 1.09 bits per heavy atom. The van der Waals surface area contributed by atoms with Crippen molar-refractivity contribution >= 4 is 17.3 Å². The topological polar surface area (TPSA) is 43.8 Å². The second-order valence-electron chi connectivity index (χ2n) is 5.95. The van der Waals surface area contributed by atoms with Gasteiger partial charge in [0.2, 0.25) is 0 Å². The maximum atomic E-state index is 11.0. The van der Waals surface area contributed by atoms with Gasteiger partial charge in [-0.05, 0) is 35.6 Å². The molecule has 5 heteroatoms. The first-order valence-corrected chi connectivity index (χ1v) is 8.88. The lowest BCUT2D eigenvalue weighted by atomic mass is 10.1. The van der Waals surface area contributed by atoms with Gasteiger partial charge in [-0.25, -0.2) is 4.79 Å². The van der Waals surface area contributed by atoms with Gasteiger partial charge in [0.05, 0.1) is 5.56 Å². The molecule has 0 amide bonds. The van der Waals surface area contributed by atoms with Crippen molar-refractivity contribution in [1.29, 1.82) is 0 Å². The van der Waals surface area contributed by atoms with Gasteiger partial charge in [-0.1, -0.05) is 18.2 Å². The summed E-state index contributed by atoms with van der Waals surface area (Å²) in [5.74, 6) is -0.856. The van der Waals surface area contributed by atoms with E-state index in [1.807, 2.05) is 23.5 Å². The van der Waals surface area contributed by atoms with Gasteiger partial charge in [-0.15, -0.1) is 11.3 Å². The lowest BCUT2D eigenvalue weighted by Crippen LogP contribution is -2.46. The van der Waals surface area contributed by atoms with Crippen molar-refractivity contribution in [3.05, 3.63) is 57.8 Å². The van der Waals surface area contributed by atoms with E-state index in [1.165, 1.54) is 4.88 Å². The molecule has 2 heterocycles. The van der Waals surface area contributed by atoms with Crippen LogP contribution in [0.25, 0.3) is 0 Å². The van der Waals surface area contributed by atoms with Crippen molar-refractivity contribution in [3.8, 4) is 0 Å². The summed E-state index contributed by atoms with van der Waals surface area (Å²) < 4.78 is 0. The van der Waals surface area contributed by atoms with E-state index in [2.05, 4.69) is 27.3 Å². The summed E-state index contributed by atoms with van der Waals surface area (Å²) in [6, 6.07) is 11.6. The minimum Gasteiger partial charge on any atom is -0.478 e. The first-order valence-electron chi connectivity index (χ1n) is 8.00. The molecule has 4 nitrogen and oxygen atoms in total. The fourth-order valence-electron chi connectivity index (χ4n) is 2.96. The summed E-state index contributed by atoms with van der Waals surface area (Å²) in [6.07, 6.45) is 1.14. The lowest BCUT2D eigenvalue weighted by Gasteiger charge is -2.34. The summed E-state index contributed by atoms with van der Waals surface area (Å²) in [6.45, 7) is 6.22. The number of piperazine rings is 1. The smallest absolute Gasteiger partial charge is 0.335 e. The number of carbonyl (C=O) groups is 1. The molecular formula is C18H22N2O2S. The maximum absolute atomic E-state index is 11.0. The van der Waals surface area contributed by atoms with Crippen LogP contribution >= 0.6 is 11.3 Å². The summed E-state index contributed by atoms with van der Waals surface area (Å²) >= 11 is 1.83. The van der Waals surface area contributed by atoms with Crippen LogP contribution in [-0.2, 0) is 13.0 Å². The van der Waals surface area contributed by atoms with E-state index < -0.39 is 5.97 Å². The average Bonchev–Trinajstić information content (AvgIpc) is 3.08. The number of thiophene rings is 1. The standard InChI is InChI=1S/C18H22N2O2S/c21-18(22)16-4-1-3-15(13-16)14-20-10-8-19(9-11-20)7-6-17-5-2-12-23-17/h1-5,12-13H,6-11,14H2,(H,21,22). The molecule has 0 atom stereocenters. The van der Waals surface area contributed by atoms with Gasteiger partial charge in [-0.3, -0.25) is 4.90 Å². The number of rotatable bonds is 6. The number of carboxylic acids is 1. The minimum absolute atomic E-state index is 0.372. The number of carboxylic acid groups (broad SMARTS) is 1. The average molecular weight is 330 g/mol. The molecule has 1 saturated heterocycles. The molecule has 3 rings (SSSR count). The first kappa shape index (κ1) is 16.2. The Morgan fingerprint density at radius 2 is 1.87 bits per heavy atom. The molecule has 1 N–H and O–H groups in total. The molecule has 0 unspecified atom stereocenters. The highest BCUT2D eigenvalue weighted by Crippen LogP contribution is 2.13. The highest BCUT2D eigenvalue weighted by Gasteiger charge is 2.17. The Bertz CT molecular complexity index is 634. The lowest BCUT2D eigenvalue weighted by molar-refractivity contribution is 0.0696. The summed E-state index contributed by atoms with van der Waals surface area (Å²) in [5.41, 5.74) is 1.45. The Labute approximate surface area is 141 Å². The quantitative estimate of drug-likeness (QED) is 0.884. The van der Waals surface area contributed by atoms with Crippen LogP contribution in [0.15, 0.2) is 41.8 Å². The van der Waals surface area contributed by atoms with Crippen molar-refractivity contribution in [2.75, 3.05) is 32.7 Å². The molecule has 0 spiro atoms. The highest BCUT2D eigenvalue weighted by atomic mass is 32.1. The van der Waals surface area contributed by atoms with E-state index in [-0.39, 0.29) is 0 Å². The van der Waals surface area contributed by atoms with Crippen molar-refractivity contribution in [3.63, 3.8) is 0 Å². The molecule has 0 saturated carbocycles. The van der Waals surface area contributed by atoms with E-state index in [9.17, 15) is 4.79 Å². The van der Waals surface area contributed by atoms with Crippen LogP contribution in [0, 0.1) is 0 Å². The SMILES string of the molecule is O=C(O)c1cccc(CN2CCN(CCc3cccs3)CC2)c1. The van der Waals surface area contributed by atoms with Crippen molar-refractivity contribution < 1.29 is 9.90 Å². The van der Waals surface area contributed by atoms with Crippen LogP contribution in [0.5, 0.6) is 0 Å². The van der Waals surface area contributed by atoms with E-state index in [0.29, 0.717) is 5.56 Å². The molecule has 0 bridgehead atoms. The van der Waals surface area contributed by atoms with Crippen molar-refractivity contribution in [2.24, 2.45) is 0 Å². The van der Waals surface area contributed by atoms with E-state index in [0.717, 1.165) is 51.3 Å². The minimum atomic E-state index is -0.856. The zero-order valence-electron chi connectivity index (χ0n) is 13.1. The Kier molecular flexibility index (Phi) is 5.43. The second kappa shape index (κ2) is 7.73. The normalized spacial score (nSPS) is 16.5. The number of benzene rings is 1. The third kappa shape index (κ3) is 4.64. The van der Waals surface area contributed by atoms with Gasteiger partial charge in [0.1, 0.15) is 0 Å². The van der Waals surface area contributed by atoms with Gasteiger partial charge in [0.25, 0.3) is 0 Å². The molecule has 1 aromatic heterocycles. The number of nitrogens with zero attached hydrogens (tertiary/aromatic N) is 2. The molecule has 1 aliphatic rings. The first-order chi connectivity index (χ1) is 11.2. The zero-order chi connectivity index (χ0) is 16.1. The molecule has 2 aromatic rings. The Morgan fingerprint density at radius 3 is 2.57 bits per heavy atom. The predicted molar refractivity (Wildman–Crippen MR) is 93.1 cm³/mol. The molecular weight excluding hydrogens is 308 g/mol. The molecule has 1 aliphatic heterocycles. The van der Waals surface area contributed by atoms with Crippen LogP contribution in [0.2, 0.25) is 0 Å². The third-order valence-corrected chi connectivity index (χ3v) is 5.24. The van der Waals surface area contributed by atoms with Gasteiger partial charge >= 0.3 is 5.97 Å². The van der Waals surface area contributed by atoms with Gasteiger partial charge in [0, 0.05) is 44.1 Å². The number of hydrogen-bond acceptors (Lipinski definition) is 4. The molecule has 0 radical (unpaired) electrons. The van der Waals surface area contributed by atoms with Crippen LogP contribution in [0.1, 0.15) is 20.8 Å². The molecule has 1 fully saturated rings. The number of hydrogen-bond donors (Lipinski definition) is 1. The summed E-state index contributed by atoms with van der Waals surface area (Å²) in [5, 5.41) is 11.2. The van der Waals surface area contributed by atoms with Crippen LogP contribution in [0.3, 0.4) is 0 Å². The van der Waals surface area contributed by atoms with Crippen molar-refractivity contribution in [2.45, 2.75) is 13.0 Å². The van der Waals surface area contributed by atoms with Gasteiger partial charge < -0.3 is 10.0 Å². The van der Waals surface area contributed by atoms with E-state index >= 15 is 0 Å². The fraction of sp³-hybridized carbons (Fsp3) is 0.389. The largest absolute Gasteiger partial charge is 0.478 e. The summed E-state index contributed by atoms with van der Waals surface area (Å²) in [4.78, 5) is 17.4. The van der Waals surface area contributed by atoms with Crippen molar-refractivity contribution in [1.82, 2.24) is 9.80 Å². The summed E-state index contributed by atoms with van der Waals surface area (Å²) in [7, 11) is 0. The molecule has 23 heavy (non-hydrogen) atoms. The monoisotopic (exact) mass is 330 g/mol. The van der Waals surface area contributed by atoms with Gasteiger partial charge in [-0.2, -0.15) is 0 Å². The van der Waals surface area contributed by atoms with Crippen LogP contribution in [0.4, 0.5) is 0 Å². The molecule has 1 aromatic carbocycles. The predicted octanol–water partition coefficient (Wildman–Crippen LogP) is 2.81. The van der Waals surface area contributed by atoms with E-state index in [4.69, 9.17) is 5.11 Å². The second-order valence-corrected chi connectivity index (χ2v) is 6.98. The maximum Gasteiger partial charge on any atom is 0.335 e. The van der Waals surface area contributed by atoms with Gasteiger partial charge in [0.15, 0.2) is 0 Å². The number of aromatic carboxylic acids is 1. The van der Waals surface area contributed by atoms with Crippen LogP contribution < -0.4 is 0 Å². The third-order valence-electron chi connectivity index (χ3n) is 4.30. The Hall–Kier alpha value is -1.69. The molecule has 122 valence electrons. The molecule has 0 aliphatic carbocycles. The van der Waals surface area contributed by atoms with E-state index in [1.54, 1.807) is 12.1 Å². The highest BCUT2D eigenvalue weighted by molar-refractivity contribution is 7.09. The fourth-order valence-corrected chi connectivity index (χ4v) is 3.65.